The van der Waals surface area contributed by atoms with Gasteiger partial charge in [-0.1, -0.05) is 0 Å². The van der Waals surface area contributed by atoms with Gasteiger partial charge in [0.05, 0.1) is 0 Å². The Bertz CT molecular complexity index is 202. The van der Waals surface area contributed by atoms with Gasteiger partial charge in [-0.3, -0.25) is 13.7 Å². The molecule has 0 aromatic carbocycles. The van der Waals surface area contributed by atoms with Crippen LogP contribution < -0.4 is 14.7 Å². The summed E-state index contributed by atoms with van der Waals surface area (Å²) in [5.41, 5.74) is 0. The van der Waals surface area contributed by atoms with E-state index in [-0.39, 0.29) is 17.4 Å². The van der Waals surface area contributed by atoms with E-state index in [1.807, 2.05) is 0 Å². The predicted octanol–water partition coefficient (Wildman–Crippen LogP) is -4.68. The quantitative estimate of drug-likeness (QED) is 0.227. The van der Waals surface area contributed by atoms with E-state index in [4.69, 9.17) is 57.7 Å². The molecular formula is H6CrO12P3. The molecule has 1 radical (unpaired) electrons. The van der Waals surface area contributed by atoms with Gasteiger partial charge in [-0.2, -0.15) is 0 Å². The first-order chi connectivity index (χ1) is 6.00. The summed E-state index contributed by atoms with van der Waals surface area (Å²) in [6.45, 7) is 0. The molecule has 0 rings (SSSR count). The summed E-state index contributed by atoms with van der Waals surface area (Å²) in [6, 6.07) is 0. The Morgan fingerprint density at radius 1 is 0.562 bits per heavy atom. The molecule has 0 aliphatic rings. The van der Waals surface area contributed by atoms with Crippen LogP contribution in [-0.2, 0) is 31.1 Å². The molecule has 0 amide bonds. The van der Waals surface area contributed by atoms with Gasteiger partial charge >= 0.3 is 17.4 Å². The number of phosphoric acid groups is 3. The Morgan fingerprint density at radius 3 is 0.562 bits per heavy atom. The van der Waals surface area contributed by atoms with Crippen LogP contribution in [0.25, 0.3) is 0 Å². The fraction of sp³-hybridized carbons (Fsp3) is 0. The van der Waals surface area contributed by atoms with Crippen molar-refractivity contribution in [1.29, 1.82) is 0 Å². The van der Waals surface area contributed by atoms with Gasteiger partial charge in [0.25, 0.3) is 23.5 Å². The third kappa shape index (κ3) is 3840. The molecule has 6 N–H and O–H groups in total. The SMILES string of the molecule is O=P([O-])(O)O.O=P([O-])(O)O.O=P([O-])(O)O.[Cr+3]. The second-order valence-electron chi connectivity index (χ2n) is 1.47. The van der Waals surface area contributed by atoms with Crippen LogP contribution >= 0.6 is 23.5 Å². The summed E-state index contributed by atoms with van der Waals surface area (Å²) in [5, 5.41) is 0. The second kappa shape index (κ2) is 9.85. The molecule has 0 bridgehead atoms. The van der Waals surface area contributed by atoms with E-state index in [2.05, 4.69) is 0 Å². The van der Waals surface area contributed by atoms with Crippen molar-refractivity contribution in [3.05, 3.63) is 0 Å². The Hall–Kier alpha value is 0.862. The van der Waals surface area contributed by atoms with Gasteiger partial charge in [0.2, 0.25) is 0 Å². The molecule has 0 saturated heterocycles. The first-order valence-corrected chi connectivity index (χ1v) is 6.89. The summed E-state index contributed by atoms with van der Waals surface area (Å²) < 4.78 is 26.3. The van der Waals surface area contributed by atoms with Crippen LogP contribution in [0.3, 0.4) is 0 Å². The Balaban J connectivity index is -0.0000000655. The summed E-state index contributed by atoms with van der Waals surface area (Å²) in [5.74, 6) is 0. The number of hydrogen-bond acceptors (Lipinski definition) is 6. The van der Waals surface area contributed by atoms with E-state index < -0.39 is 23.5 Å². The summed E-state index contributed by atoms with van der Waals surface area (Å²) in [7, 11) is -14.7. The Kier molecular flexibility index (Phi) is 15.8. The smallest absolute Gasteiger partial charge is 0.756 e. The van der Waals surface area contributed by atoms with Crippen LogP contribution in [0.1, 0.15) is 0 Å². The maximum Gasteiger partial charge on any atom is 3.00 e. The minimum Gasteiger partial charge on any atom is -0.756 e. The number of rotatable bonds is 0. The summed E-state index contributed by atoms with van der Waals surface area (Å²) in [6.07, 6.45) is 0. The first kappa shape index (κ1) is 25.6. The van der Waals surface area contributed by atoms with Crippen molar-refractivity contribution < 1.29 is 75.1 Å². The molecule has 0 atom stereocenters. The Labute approximate surface area is 99.1 Å². The van der Waals surface area contributed by atoms with Gasteiger partial charge in [-0.25, -0.2) is 0 Å². The van der Waals surface area contributed by atoms with Crippen molar-refractivity contribution >= 4 is 23.5 Å². The van der Waals surface area contributed by atoms with E-state index >= 15 is 0 Å². The van der Waals surface area contributed by atoms with Gasteiger partial charge in [-0.05, 0) is 0 Å². The number of hydrogen-bond donors (Lipinski definition) is 6. The zero-order valence-corrected chi connectivity index (χ0v) is 10.8. The molecular weight excluding hydrogens is 337 g/mol. The maximum absolute atomic E-state index is 8.77. The van der Waals surface area contributed by atoms with Crippen molar-refractivity contribution in [3.63, 3.8) is 0 Å². The Morgan fingerprint density at radius 2 is 0.562 bits per heavy atom. The zero-order chi connectivity index (χ0) is 13.5. The van der Waals surface area contributed by atoms with E-state index in [1.165, 1.54) is 0 Å². The summed E-state index contributed by atoms with van der Waals surface area (Å²) in [4.78, 5) is 68.8. The van der Waals surface area contributed by atoms with E-state index in [9.17, 15) is 0 Å². The van der Waals surface area contributed by atoms with Gasteiger partial charge in [0.15, 0.2) is 0 Å². The average molecular weight is 343 g/mol. The summed E-state index contributed by atoms with van der Waals surface area (Å²) >= 11 is 0. The molecule has 0 unspecified atom stereocenters. The molecule has 99 valence electrons. The predicted molar refractivity (Wildman–Crippen MR) is 36.1 cm³/mol. The molecule has 0 heterocycles. The van der Waals surface area contributed by atoms with E-state index in [1.54, 1.807) is 0 Å². The zero-order valence-electron chi connectivity index (χ0n) is 6.88. The van der Waals surface area contributed by atoms with Crippen molar-refractivity contribution in [2.45, 2.75) is 0 Å². The normalized spacial score (nSPS) is 11.1. The van der Waals surface area contributed by atoms with E-state index in [0.29, 0.717) is 0 Å². The van der Waals surface area contributed by atoms with Crippen LogP contribution in [0.5, 0.6) is 0 Å². The maximum atomic E-state index is 8.77. The minimum atomic E-state index is -4.89. The molecule has 16 heteroatoms. The largest absolute Gasteiger partial charge is 3.00 e. The van der Waals surface area contributed by atoms with Crippen molar-refractivity contribution in [1.82, 2.24) is 0 Å². The van der Waals surface area contributed by atoms with Crippen LogP contribution in [0.2, 0.25) is 0 Å². The van der Waals surface area contributed by atoms with E-state index in [0.717, 1.165) is 0 Å². The fourth-order valence-corrected chi connectivity index (χ4v) is 0. The van der Waals surface area contributed by atoms with Crippen molar-refractivity contribution in [2.24, 2.45) is 0 Å². The molecule has 16 heavy (non-hydrogen) atoms. The fourth-order valence-electron chi connectivity index (χ4n) is 0. The van der Waals surface area contributed by atoms with Crippen molar-refractivity contribution in [2.75, 3.05) is 0 Å². The third-order valence-electron chi connectivity index (χ3n) is 0. The molecule has 0 fully saturated rings. The molecule has 0 spiro atoms. The third-order valence-corrected chi connectivity index (χ3v) is 0. The monoisotopic (exact) mass is 343 g/mol. The second-order valence-corrected chi connectivity index (χ2v) is 4.42. The molecule has 0 aromatic heterocycles. The van der Waals surface area contributed by atoms with Gasteiger partial charge < -0.3 is 44.0 Å². The molecule has 12 nitrogen and oxygen atoms in total. The molecule has 0 aromatic rings. The first-order valence-electron chi connectivity index (χ1n) is 2.30. The minimum absolute atomic E-state index is 0. The van der Waals surface area contributed by atoms with Gasteiger partial charge in [-0.15, -0.1) is 0 Å². The molecule has 0 aliphatic carbocycles. The molecule has 0 aliphatic heterocycles. The van der Waals surface area contributed by atoms with Crippen LogP contribution in [-0.4, -0.2) is 29.4 Å². The standard InChI is InChI=1S/Cr.3H3O4P/c;3*1-5(2,3)4/h;3*(H3,1,2,3,4)/q+3;;;/p-3. The van der Waals surface area contributed by atoms with Crippen LogP contribution in [0, 0.1) is 0 Å². The van der Waals surface area contributed by atoms with Gasteiger partial charge in [0, 0.05) is 0 Å². The van der Waals surface area contributed by atoms with Crippen LogP contribution in [0.4, 0.5) is 0 Å². The topological polar surface area (TPSA) is 242 Å². The van der Waals surface area contributed by atoms with Gasteiger partial charge in [0.1, 0.15) is 0 Å². The van der Waals surface area contributed by atoms with Crippen molar-refractivity contribution in [3.8, 4) is 0 Å². The average Bonchev–Trinajstić information content (AvgIpc) is 1.41. The van der Waals surface area contributed by atoms with Crippen LogP contribution in [0.15, 0.2) is 0 Å². The molecule has 0 saturated carbocycles.